The summed E-state index contributed by atoms with van der Waals surface area (Å²) in [4.78, 5) is 22.1. The first-order chi connectivity index (χ1) is 8.58. The molecule has 1 atom stereocenters. The van der Waals surface area contributed by atoms with Crippen molar-refractivity contribution in [3.05, 3.63) is 34.9 Å². The number of hydrogen-bond acceptors (Lipinski definition) is 4. The summed E-state index contributed by atoms with van der Waals surface area (Å²) >= 11 is 0. The Morgan fingerprint density at radius 2 is 2.06 bits per heavy atom. The molecule has 1 aliphatic rings. The summed E-state index contributed by atoms with van der Waals surface area (Å²) in [7, 11) is 0. The maximum atomic E-state index is 11.7. The maximum Gasteiger partial charge on any atom is 0.334 e. The van der Waals surface area contributed by atoms with Gasteiger partial charge in [-0.3, -0.25) is 4.79 Å². The number of aliphatic hydroxyl groups excluding tert-OH is 1. The molecule has 0 saturated carbocycles. The van der Waals surface area contributed by atoms with E-state index in [0.29, 0.717) is 18.8 Å². The third-order valence-corrected chi connectivity index (χ3v) is 2.72. The SMILES string of the molecule is O=C(NC[C@H](O)C(=O)O)c1ccc2c(c1)COC2. The fourth-order valence-electron chi connectivity index (χ4n) is 1.69. The molecule has 0 saturated heterocycles. The van der Waals surface area contributed by atoms with E-state index >= 15 is 0 Å². The minimum Gasteiger partial charge on any atom is -0.479 e. The number of rotatable bonds is 4. The van der Waals surface area contributed by atoms with Crippen LogP contribution in [0.4, 0.5) is 0 Å². The second kappa shape index (κ2) is 5.16. The second-order valence-corrected chi connectivity index (χ2v) is 4.04. The third kappa shape index (κ3) is 2.66. The van der Waals surface area contributed by atoms with Crippen LogP contribution >= 0.6 is 0 Å². The molecule has 0 radical (unpaired) electrons. The highest BCUT2D eigenvalue weighted by atomic mass is 16.5. The minimum absolute atomic E-state index is 0.318. The first-order valence-electron chi connectivity index (χ1n) is 5.46. The molecule has 0 aliphatic carbocycles. The zero-order chi connectivity index (χ0) is 13.1. The molecule has 6 nitrogen and oxygen atoms in total. The number of carbonyl (C=O) groups excluding carboxylic acids is 1. The van der Waals surface area contributed by atoms with Gasteiger partial charge in [-0.15, -0.1) is 0 Å². The van der Waals surface area contributed by atoms with E-state index < -0.39 is 18.0 Å². The van der Waals surface area contributed by atoms with Crippen molar-refractivity contribution in [2.45, 2.75) is 19.3 Å². The van der Waals surface area contributed by atoms with E-state index in [9.17, 15) is 9.59 Å². The van der Waals surface area contributed by atoms with Crippen LogP contribution in [0, 0.1) is 0 Å². The van der Waals surface area contributed by atoms with Gasteiger partial charge in [0.2, 0.25) is 0 Å². The number of ether oxygens (including phenoxy) is 1. The topological polar surface area (TPSA) is 95.9 Å². The molecular formula is C12H13NO5. The Hall–Kier alpha value is -1.92. The molecule has 1 aromatic carbocycles. The largest absolute Gasteiger partial charge is 0.479 e. The van der Waals surface area contributed by atoms with Crippen molar-refractivity contribution < 1.29 is 24.5 Å². The standard InChI is InChI=1S/C12H13NO5/c14-10(12(16)17)4-13-11(15)7-1-2-8-5-18-6-9(8)3-7/h1-3,10,14H,4-6H2,(H,13,15)(H,16,17)/t10-/m0/s1. The first-order valence-corrected chi connectivity index (χ1v) is 5.46. The third-order valence-electron chi connectivity index (χ3n) is 2.72. The van der Waals surface area contributed by atoms with Gasteiger partial charge in [0.1, 0.15) is 0 Å². The van der Waals surface area contributed by atoms with E-state index in [2.05, 4.69) is 5.32 Å². The predicted octanol–water partition coefficient (Wildman–Crippen LogP) is -0.108. The molecule has 0 spiro atoms. The van der Waals surface area contributed by atoms with E-state index in [1.54, 1.807) is 12.1 Å². The van der Waals surface area contributed by atoms with Gasteiger partial charge in [0.05, 0.1) is 19.8 Å². The highest BCUT2D eigenvalue weighted by Gasteiger charge is 2.17. The van der Waals surface area contributed by atoms with Gasteiger partial charge in [0.15, 0.2) is 6.10 Å². The quantitative estimate of drug-likeness (QED) is 0.694. The molecule has 1 aromatic rings. The Balaban J connectivity index is 1.99. The molecule has 3 N–H and O–H groups in total. The van der Waals surface area contributed by atoms with Crippen molar-refractivity contribution in [3.63, 3.8) is 0 Å². The van der Waals surface area contributed by atoms with Crippen molar-refractivity contribution in [1.82, 2.24) is 5.32 Å². The smallest absolute Gasteiger partial charge is 0.334 e. The van der Waals surface area contributed by atoms with Crippen LogP contribution < -0.4 is 5.32 Å². The number of aliphatic hydroxyl groups is 1. The summed E-state index contributed by atoms with van der Waals surface area (Å²) in [6, 6.07) is 5.17. The van der Waals surface area contributed by atoms with Gasteiger partial charge in [0.25, 0.3) is 5.91 Å². The van der Waals surface area contributed by atoms with Gasteiger partial charge in [0, 0.05) is 5.56 Å². The van der Waals surface area contributed by atoms with Crippen molar-refractivity contribution in [3.8, 4) is 0 Å². The van der Waals surface area contributed by atoms with Gasteiger partial charge in [-0.1, -0.05) is 6.07 Å². The number of benzene rings is 1. The van der Waals surface area contributed by atoms with Gasteiger partial charge < -0.3 is 20.3 Å². The highest BCUT2D eigenvalue weighted by Crippen LogP contribution is 2.20. The lowest BCUT2D eigenvalue weighted by atomic mass is 10.1. The second-order valence-electron chi connectivity index (χ2n) is 4.04. The molecule has 96 valence electrons. The number of carbonyl (C=O) groups is 2. The molecule has 6 heteroatoms. The fourth-order valence-corrected chi connectivity index (χ4v) is 1.69. The fraction of sp³-hybridized carbons (Fsp3) is 0.333. The van der Waals surface area contributed by atoms with Crippen molar-refractivity contribution in [2.75, 3.05) is 6.54 Å². The minimum atomic E-state index is -1.59. The highest BCUT2D eigenvalue weighted by molar-refractivity contribution is 5.94. The zero-order valence-corrected chi connectivity index (χ0v) is 9.55. The molecule has 18 heavy (non-hydrogen) atoms. The van der Waals surface area contributed by atoms with Crippen LogP contribution in [-0.2, 0) is 22.7 Å². The van der Waals surface area contributed by atoms with Crippen molar-refractivity contribution in [2.24, 2.45) is 0 Å². The van der Waals surface area contributed by atoms with Gasteiger partial charge in [-0.05, 0) is 23.3 Å². The van der Waals surface area contributed by atoms with Crippen molar-refractivity contribution in [1.29, 1.82) is 0 Å². The number of fused-ring (bicyclic) bond motifs is 1. The van der Waals surface area contributed by atoms with Crippen molar-refractivity contribution >= 4 is 11.9 Å². The van der Waals surface area contributed by atoms with Crippen LogP contribution in [0.15, 0.2) is 18.2 Å². The Morgan fingerprint density at radius 3 is 2.78 bits per heavy atom. The summed E-state index contributed by atoms with van der Waals surface area (Å²) < 4.78 is 5.23. The van der Waals surface area contributed by atoms with Gasteiger partial charge in [-0.2, -0.15) is 0 Å². The van der Waals surface area contributed by atoms with E-state index in [1.807, 2.05) is 6.07 Å². The van der Waals surface area contributed by atoms with Crippen LogP contribution in [0.5, 0.6) is 0 Å². The summed E-state index contributed by atoms with van der Waals surface area (Å²) in [6.45, 7) is 0.713. The average Bonchev–Trinajstić information content (AvgIpc) is 2.82. The number of nitrogens with one attached hydrogen (secondary N) is 1. The lowest BCUT2D eigenvalue weighted by Gasteiger charge is -2.08. The lowest BCUT2D eigenvalue weighted by Crippen LogP contribution is -2.36. The maximum absolute atomic E-state index is 11.7. The Labute approximate surface area is 103 Å². The number of amides is 1. The summed E-state index contributed by atoms with van der Waals surface area (Å²) in [5.41, 5.74) is 2.44. The molecule has 1 heterocycles. The van der Waals surface area contributed by atoms with Gasteiger partial charge in [-0.25, -0.2) is 4.79 Å². The van der Waals surface area contributed by atoms with E-state index in [4.69, 9.17) is 14.9 Å². The van der Waals surface area contributed by atoms with Crippen LogP contribution in [0.25, 0.3) is 0 Å². The molecule has 0 unspecified atom stereocenters. The lowest BCUT2D eigenvalue weighted by molar-refractivity contribution is -0.146. The molecule has 0 aromatic heterocycles. The molecule has 0 bridgehead atoms. The number of hydrogen-bond donors (Lipinski definition) is 3. The summed E-state index contributed by atoms with van der Waals surface area (Å²) in [5.74, 6) is -1.78. The monoisotopic (exact) mass is 251 g/mol. The summed E-state index contributed by atoms with van der Waals surface area (Å²) in [6.07, 6.45) is -1.59. The van der Waals surface area contributed by atoms with E-state index in [1.165, 1.54) is 0 Å². The number of aliphatic carboxylic acids is 1. The van der Waals surface area contributed by atoms with Crippen LogP contribution in [0.2, 0.25) is 0 Å². The van der Waals surface area contributed by atoms with E-state index in [-0.39, 0.29) is 6.54 Å². The van der Waals surface area contributed by atoms with Gasteiger partial charge >= 0.3 is 5.97 Å². The summed E-state index contributed by atoms with van der Waals surface area (Å²) in [5, 5.41) is 19.9. The average molecular weight is 251 g/mol. The molecule has 0 fully saturated rings. The Bertz CT molecular complexity index is 485. The number of carboxylic acid groups (broad SMARTS) is 1. The Morgan fingerprint density at radius 1 is 1.33 bits per heavy atom. The normalized spacial score (nSPS) is 14.9. The Kier molecular flexibility index (Phi) is 3.59. The van der Waals surface area contributed by atoms with Crippen LogP contribution in [-0.4, -0.2) is 34.7 Å². The van der Waals surface area contributed by atoms with Crippen LogP contribution in [0.3, 0.4) is 0 Å². The predicted molar refractivity (Wildman–Crippen MR) is 60.9 cm³/mol. The number of carboxylic acids is 1. The molecular weight excluding hydrogens is 238 g/mol. The molecule has 2 rings (SSSR count). The molecule has 1 aliphatic heterocycles. The van der Waals surface area contributed by atoms with Crippen LogP contribution in [0.1, 0.15) is 21.5 Å². The van der Waals surface area contributed by atoms with E-state index in [0.717, 1.165) is 11.1 Å². The zero-order valence-electron chi connectivity index (χ0n) is 9.55. The first kappa shape index (κ1) is 12.5. The molecule has 1 amide bonds.